The van der Waals surface area contributed by atoms with Crippen LogP contribution in [0.25, 0.3) is 32.9 Å². The van der Waals surface area contributed by atoms with Crippen LogP contribution >= 0.6 is 11.3 Å². The molecule has 0 amide bonds. The second-order valence-corrected chi connectivity index (χ2v) is 7.74. The van der Waals surface area contributed by atoms with Gasteiger partial charge in [-0.25, -0.2) is 9.67 Å². The van der Waals surface area contributed by atoms with Crippen molar-refractivity contribution in [2.75, 3.05) is 0 Å². The van der Waals surface area contributed by atoms with E-state index in [1.165, 1.54) is 6.20 Å². The molecule has 0 aliphatic heterocycles. The number of benzene rings is 1. The molecular formula is C19H13F2N7OS. The number of fused-ring (bicyclic) bond motifs is 1. The van der Waals surface area contributed by atoms with Crippen LogP contribution in [0.15, 0.2) is 47.1 Å². The zero-order valence-electron chi connectivity index (χ0n) is 15.5. The van der Waals surface area contributed by atoms with Crippen LogP contribution in [0.3, 0.4) is 0 Å². The van der Waals surface area contributed by atoms with Gasteiger partial charge in [0.15, 0.2) is 0 Å². The maximum atomic E-state index is 12.6. The molecular weight excluding hydrogens is 412 g/mol. The fourth-order valence-electron chi connectivity index (χ4n) is 2.96. The fraction of sp³-hybridized carbons (Fsp3) is 0.158. The molecule has 8 nitrogen and oxygen atoms in total. The molecule has 0 fully saturated rings. The molecule has 30 heavy (non-hydrogen) atoms. The van der Waals surface area contributed by atoms with E-state index in [2.05, 4.69) is 36.5 Å². The lowest BCUT2D eigenvalue weighted by Crippen LogP contribution is -2.02. The van der Waals surface area contributed by atoms with Crippen molar-refractivity contribution in [3.8, 4) is 22.7 Å². The molecule has 5 aromatic rings. The van der Waals surface area contributed by atoms with Gasteiger partial charge in [-0.3, -0.25) is 4.98 Å². The highest BCUT2D eigenvalue weighted by Crippen LogP contribution is 2.27. The number of thiazole rings is 1. The SMILES string of the molecule is Cc1nc2ccc(-c3cn(Cc4ccc(-c5nnc(C(F)F)o5)cn4)nn3)cc2s1. The lowest BCUT2D eigenvalue weighted by molar-refractivity contribution is 0.116. The van der Waals surface area contributed by atoms with Crippen molar-refractivity contribution in [3.05, 3.63) is 59.3 Å². The summed E-state index contributed by atoms with van der Waals surface area (Å²) >= 11 is 1.64. The van der Waals surface area contributed by atoms with Crippen molar-refractivity contribution in [1.29, 1.82) is 0 Å². The van der Waals surface area contributed by atoms with E-state index >= 15 is 0 Å². The number of rotatable bonds is 5. The maximum Gasteiger partial charge on any atom is 0.314 e. The Balaban J connectivity index is 1.33. The molecule has 0 bridgehead atoms. The number of halogens is 2. The lowest BCUT2D eigenvalue weighted by atomic mass is 10.1. The van der Waals surface area contributed by atoms with E-state index in [1.807, 2.05) is 25.3 Å². The third kappa shape index (κ3) is 3.54. The first-order chi connectivity index (χ1) is 14.5. The Morgan fingerprint density at radius 2 is 1.97 bits per heavy atom. The van der Waals surface area contributed by atoms with E-state index in [-0.39, 0.29) is 5.89 Å². The van der Waals surface area contributed by atoms with Crippen molar-refractivity contribution in [2.24, 2.45) is 0 Å². The van der Waals surface area contributed by atoms with Gasteiger partial charge in [-0.2, -0.15) is 8.78 Å². The van der Waals surface area contributed by atoms with Gasteiger partial charge in [-0.05, 0) is 31.2 Å². The molecule has 11 heteroatoms. The van der Waals surface area contributed by atoms with Crippen LogP contribution in [0, 0.1) is 6.92 Å². The number of pyridine rings is 1. The van der Waals surface area contributed by atoms with Gasteiger partial charge in [0, 0.05) is 11.8 Å². The quantitative estimate of drug-likeness (QED) is 0.414. The highest BCUT2D eigenvalue weighted by Gasteiger charge is 2.17. The summed E-state index contributed by atoms with van der Waals surface area (Å²) in [7, 11) is 0. The Hall–Kier alpha value is -3.60. The van der Waals surface area contributed by atoms with E-state index in [9.17, 15) is 8.78 Å². The summed E-state index contributed by atoms with van der Waals surface area (Å²) in [5.74, 6) is -0.711. The van der Waals surface area contributed by atoms with Gasteiger partial charge in [0.1, 0.15) is 5.69 Å². The van der Waals surface area contributed by atoms with Crippen molar-refractivity contribution in [2.45, 2.75) is 19.9 Å². The van der Waals surface area contributed by atoms with Crippen LogP contribution in [0.5, 0.6) is 0 Å². The first kappa shape index (κ1) is 18.4. The number of hydrogen-bond acceptors (Lipinski definition) is 8. The summed E-state index contributed by atoms with van der Waals surface area (Å²) in [6.07, 6.45) is 0.536. The Bertz CT molecular complexity index is 1330. The minimum Gasteiger partial charge on any atom is -0.415 e. The van der Waals surface area contributed by atoms with Crippen LogP contribution in [0.4, 0.5) is 8.78 Å². The summed E-state index contributed by atoms with van der Waals surface area (Å²) in [6, 6.07) is 9.43. The minimum absolute atomic E-state index is 0.00101. The van der Waals surface area contributed by atoms with Crippen LogP contribution < -0.4 is 0 Å². The average molecular weight is 425 g/mol. The average Bonchev–Trinajstić information content (AvgIpc) is 3.47. The first-order valence-corrected chi connectivity index (χ1v) is 9.71. The van der Waals surface area contributed by atoms with Gasteiger partial charge in [0.25, 0.3) is 5.89 Å². The van der Waals surface area contributed by atoms with E-state index in [1.54, 1.807) is 28.2 Å². The van der Waals surface area contributed by atoms with Gasteiger partial charge in [0.05, 0.1) is 39.2 Å². The molecule has 0 saturated carbocycles. The monoisotopic (exact) mass is 425 g/mol. The molecule has 0 saturated heterocycles. The molecule has 4 heterocycles. The molecule has 0 aliphatic rings. The molecule has 0 aliphatic carbocycles. The number of nitrogens with zero attached hydrogens (tertiary/aromatic N) is 7. The second kappa shape index (κ2) is 7.34. The Labute approximate surface area is 172 Å². The van der Waals surface area contributed by atoms with Gasteiger partial charge < -0.3 is 4.42 Å². The highest BCUT2D eigenvalue weighted by molar-refractivity contribution is 7.18. The zero-order chi connectivity index (χ0) is 20.7. The van der Waals surface area contributed by atoms with Crippen LogP contribution in [0.2, 0.25) is 0 Å². The van der Waals surface area contributed by atoms with Crippen molar-refractivity contribution in [1.82, 2.24) is 35.2 Å². The van der Waals surface area contributed by atoms with Crippen molar-refractivity contribution < 1.29 is 13.2 Å². The molecule has 0 N–H and O–H groups in total. The van der Waals surface area contributed by atoms with E-state index in [4.69, 9.17) is 4.42 Å². The predicted octanol–water partition coefficient (Wildman–Crippen LogP) is 4.29. The number of aryl methyl sites for hydroxylation is 1. The van der Waals surface area contributed by atoms with Gasteiger partial charge in [-0.15, -0.1) is 26.6 Å². The van der Waals surface area contributed by atoms with Crippen molar-refractivity contribution in [3.63, 3.8) is 0 Å². The van der Waals surface area contributed by atoms with Crippen LogP contribution in [-0.2, 0) is 6.54 Å². The Morgan fingerprint density at radius 3 is 2.73 bits per heavy atom. The first-order valence-electron chi connectivity index (χ1n) is 8.90. The molecule has 150 valence electrons. The smallest absolute Gasteiger partial charge is 0.314 e. The van der Waals surface area contributed by atoms with E-state index < -0.39 is 12.3 Å². The Morgan fingerprint density at radius 1 is 1.10 bits per heavy atom. The summed E-state index contributed by atoms with van der Waals surface area (Å²) in [5.41, 5.74) is 3.87. The molecule has 1 aromatic carbocycles. The molecule has 0 spiro atoms. The number of alkyl halides is 2. The van der Waals surface area contributed by atoms with Crippen molar-refractivity contribution >= 4 is 21.6 Å². The predicted molar refractivity (Wildman–Crippen MR) is 105 cm³/mol. The number of hydrogen-bond donors (Lipinski definition) is 0. The fourth-order valence-corrected chi connectivity index (χ4v) is 3.82. The summed E-state index contributed by atoms with van der Waals surface area (Å²) in [5, 5.41) is 16.4. The second-order valence-electron chi connectivity index (χ2n) is 6.50. The molecule has 0 radical (unpaired) electrons. The number of aromatic nitrogens is 7. The minimum atomic E-state index is -2.80. The Kier molecular flexibility index (Phi) is 4.51. The molecule has 4 aromatic heterocycles. The summed E-state index contributed by atoms with van der Waals surface area (Å²) in [4.78, 5) is 8.78. The third-order valence-corrected chi connectivity index (χ3v) is 5.29. The molecule has 0 atom stereocenters. The van der Waals surface area contributed by atoms with Crippen LogP contribution in [0.1, 0.15) is 23.0 Å². The zero-order valence-corrected chi connectivity index (χ0v) is 16.3. The standard InChI is InChI=1S/C19H13F2N7OS/c1-10-23-14-5-3-11(6-16(14)30-10)15-9-28(27-24-15)8-13-4-2-12(7-22-13)18-25-26-19(29-18)17(20)21/h2-7,9,17H,8H2,1H3. The maximum absolute atomic E-state index is 12.6. The molecule has 5 rings (SSSR count). The molecule has 0 unspecified atom stereocenters. The van der Waals surface area contributed by atoms with Gasteiger partial charge >= 0.3 is 6.43 Å². The third-order valence-electron chi connectivity index (χ3n) is 4.35. The topological polar surface area (TPSA) is 95.4 Å². The van der Waals surface area contributed by atoms with Gasteiger partial charge in [0.2, 0.25) is 5.89 Å². The van der Waals surface area contributed by atoms with Gasteiger partial charge in [-0.1, -0.05) is 11.3 Å². The summed E-state index contributed by atoms with van der Waals surface area (Å²) < 4.78 is 32.9. The van der Waals surface area contributed by atoms with Crippen LogP contribution in [-0.4, -0.2) is 35.2 Å². The largest absolute Gasteiger partial charge is 0.415 e. The normalized spacial score (nSPS) is 11.6. The highest BCUT2D eigenvalue weighted by atomic mass is 32.1. The van der Waals surface area contributed by atoms with E-state index in [0.717, 1.165) is 32.2 Å². The summed E-state index contributed by atoms with van der Waals surface area (Å²) in [6.45, 7) is 2.39. The van der Waals surface area contributed by atoms with E-state index in [0.29, 0.717) is 12.1 Å². The lowest BCUT2D eigenvalue weighted by Gasteiger charge is -2.01.